The number of likely N-dealkylation sites (tertiary alicyclic amines) is 1. The summed E-state index contributed by atoms with van der Waals surface area (Å²) in [6.45, 7) is 3.74. The lowest BCUT2D eigenvalue weighted by Crippen LogP contribution is -2.34. The Balaban J connectivity index is 1.36. The van der Waals surface area contributed by atoms with Crippen molar-refractivity contribution in [1.29, 1.82) is 0 Å². The summed E-state index contributed by atoms with van der Waals surface area (Å²) in [6.07, 6.45) is 5.59. The van der Waals surface area contributed by atoms with Gasteiger partial charge in [0.2, 0.25) is 5.91 Å². The first-order chi connectivity index (χ1) is 11.2. The van der Waals surface area contributed by atoms with E-state index in [9.17, 15) is 4.79 Å². The van der Waals surface area contributed by atoms with Gasteiger partial charge in [-0.15, -0.1) is 0 Å². The predicted octanol–water partition coefficient (Wildman–Crippen LogP) is 0.668. The molecule has 1 saturated carbocycles. The molecule has 3 aliphatic rings. The van der Waals surface area contributed by atoms with Gasteiger partial charge in [0.1, 0.15) is 6.33 Å². The lowest BCUT2D eigenvalue weighted by Gasteiger charge is -2.22. The van der Waals surface area contributed by atoms with Gasteiger partial charge in [-0.25, -0.2) is 15.0 Å². The SMILES string of the molecule is Cn1cnc2c(N3CC4CN(C(=O)C5CC5)CC4C3)ncnc21. The van der Waals surface area contributed by atoms with E-state index in [1.807, 2.05) is 11.6 Å². The maximum absolute atomic E-state index is 12.2. The van der Waals surface area contributed by atoms with E-state index in [-0.39, 0.29) is 0 Å². The number of amides is 1. The molecule has 2 aromatic rings. The second kappa shape index (κ2) is 4.66. The van der Waals surface area contributed by atoms with Gasteiger partial charge in [-0.2, -0.15) is 0 Å². The predicted molar refractivity (Wildman–Crippen MR) is 84.8 cm³/mol. The number of hydrogen-bond acceptors (Lipinski definition) is 5. The minimum atomic E-state index is 0.333. The van der Waals surface area contributed by atoms with Gasteiger partial charge in [-0.1, -0.05) is 0 Å². The molecule has 7 heteroatoms. The number of fused-ring (bicyclic) bond motifs is 2. The summed E-state index contributed by atoms with van der Waals surface area (Å²) in [5.74, 6) is 2.78. The summed E-state index contributed by atoms with van der Waals surface area (Å²) in [5.41, 5.74) is 1.75. The Labute approximate surface area is 134 Å². The van der Waals surface area contributed by atoms with Crippen molar-refractivity contribution in [2.45, 2.75) is 12.8 Å². The van der Waals surface area contributed by atoms with Crippen molar-refractivity contribution in [1.82, 2.24) is 24.4 Å². The first-order valence-corrected chi connectivity index (χ1v) is 8.36. The molecule has 2 saturated heterocycles. The van der Waals surface area contributed by atoms with E-state index >= 15 is 0 Å². The zero-order valence-corrected chi connectivity index (χ0v) is 13.2. The van der Waals surface area contributed by atoms with Gasteiger partial charge in [-0.3, -0.25) is 4.79 Å². The van der Waals surface area contributed by atoms with E-state index in [1.54, 1.807) is 12.7 Å². The Bertz CT molecular complexity index is 768. The van der Waals surface area contributed by atoms with Gasteiger partial charge < -0.3 is 14.4 Å². The van der Waals surface area contributed by atoms with Crippen LogP contribution in [-0.2, 0) is 11.8 Å². The highest BCUT2D eigenvalue weighted by Gasteiger charge is 2.45. The Morgan fingerprint density at radius 3 is 2.52 bits per heavy atom. The zero-order chi connectivity index (χ0) is 15.6. The maximum Gasteiger partial charge on any atom is 0.225 e. The highest BCUT2D eigenvalue weighted by molar-refractivity contribution is 5.84. The van der Waals surface area contributed by atoms with E-state index in [0.717, 1.165) is 56.0 Å². The van der Waals surface area contributed by atoms with E-state index < -0.39 is 0 Å². The number of nitrogens with zero attached hydrogens (tertiary/aromatic N) is 6. The summed E-state index contributed by atoms with van der Waals surface area (Å²) in [6, 6.07) is 0. The number of carbonyl (C=O) groups is 1. The largest absolute Gasteiger partial charge is 0.354 e. The lowest BCUT2D eigenvalue weighted by molar-refractivity contribution is -0.131. The molecule has 0 aromatic carbocycles. The van der Waals surface area contributed by atoms with Gasteiger partial charge in [0.05, 0.1) is 6.33 Å². The number of hydrogen-bond donors (Lipinski definition) is 0. The van der Waals surface area contributed by atoms with Crippen molar-refractivity contribution in [3.63, 3.8) is 0 Å². The molecule has 2 unspecified atom stereocenters. The Morgan fingerprint density at radius 2 is 1.83 bits per heavy atom. The molecule has 0 radical (unpaired) electrons. The number of carbonyl (C=O) groups excluding carboxylic acids is 1. The molecule has 5 rings (SSSR count). The third kappa shape index (κ3) is 2.02. The van der Waals surface area contributed by atoms with Crippen molar-refractivity contribution < 1.29 is 4.79 Å². The molecule has 3 fully saturated rings. The molecular formula is C16H20N6O. The van der Waals surface area contributed by atoms with E-state index in [4.69, 9.17) is 0 Å². The minimum Gasteiger partial charge on any atom is -0.354 e. The van der Waals surface area contributed by atoms with Crippen LogP contribution in [0.4, 0.5) is 5.82 Å². The highest BCUT2D eigenvalue weighted by atomic mass is 16.2. The summed E-state index contributed by atoms with van der Waals surface area (Å²) in [5, 5.41) is 0. The van der Waals surface area contributed by atoms with Crippen LogP contribution in [0.15, 0.2) is 12.7 Å². The monoisotopic (exact) mass is 312 g/mol. The Morgan fingerprint density at radius 1 is 1.09 bits per heavy atom. The summed E-state index contributed by atoms with van der Waals surface area (Å²) in [7, 11) is 1.95. The van der Waals surface area contributed by atoms with Crippen LogP contribution in [0.3, 0.4) is 0 Å². The normalized spacial score (nSPS) is 27.0. The van der Waals surface area contributed by atoms with Crippen molar-refractivity contribution in [2.24, 2.45) is 24.8 Å². The van der Waals surface area contributed by atoms with Crippen molar-refractivity contribution in [3.8, 4) is 0 Å². The van der Waals surface area contributed by atoms with Crippen LogP contribution in [0.25, 0.3) is 11.2 Å². The van der Waals surface area contributed by atoms with Crippen LogP contribution in [-0.4, -0.2) is 56.5 Å². The van der Waals surface area contributed by atoms with Gasteiger partial charge in [0.15, 0.2) is 17.0 Å². The summed E-state index contributed by atoms with van der Waals surface area (Å²) in [4.78, 5) is 29.9. The lowest BCUT2D eigenvalue weighted by atomic mass is 10.0. The molecule has 23 heavy (non-hydrogen) atoms. The fourth-order valence-corrected chi connectivity index (χ4v) is 4.10. The number of aryl methyl sites for hydroxylation is 1. The maximum atomic E-state index is 12.2. The average molecular weight is 312 g/mol. The molecule has 4 heterocycles. The zero-order valence-electron chi connectivity index (χ0n) is 13.2. The topological polar surface area (TPSA) is 67.2 Å². The number of imidazole rings is 1. The van der Waals surface area contributed by atoms with Gasteiger partial charge in [0, 0.05) is 51.0 Å². The smallest absolute Gasteiger partial charge is 0.225 e. The molecule has 0 spiro atoms. The van der Waals surface area contributed by atoms with E-state index in [0.29, 0.717) is 23.7 Å². The highest BCUT2D eigenvalue weighted by Crippen LogP contribution is 2.38. The van der Waals surface area contributed by atoms with Crippen molar-refractivity contribution in [2.75, 3.05) is 31.1 Å². The van der Waals surface area contributed by atoms with E-state index in [1.165, 1.54) is 0 Å². The van der Waals surface area contributed by atoms with Crippen molar-refractivity contribution >= 4 is 22.9 Å². The average Bonchev–Trinajstić information content (AvgIpc) is 3.06. The quantitative estimate of drug-likeness (QED) is 0.815. The van der Waals surface area contributed by atoms with Crippen LogP contribution >= 0.6 is 0 Å². The molecular weight excluding hydrogens is 292 g/mol. The second-order valence-electron chi connectivity index (χ2n) is 7.17. The molecule has 0 bridgehead atoms. The van der Waals surface area contributed by atoms with Gasteiger partial charge in [-0.05, 0) is 12.8 Å². The first kappa shape index (κ1) is 13.3. The van der Waals surface area contributed by atoms with Gasteiger partial charge >= 0.3 is 0 Å². The molecule has 120 valence electrons. The standard InChI is InChI=1S/C16H20N6O/c1-20-9-19-13-14(20)17-8-18-15(13)21-4-11-6-22(7-12(11)5-21)16(23)10-2-3-10/h8-12H,2-7H2,1H3. The molecule has 2 aliphatic heterocycles. The number of aromatic nitrogens is 4. The van der Waals surface area contributed by atoms with Crippen LogP contribution in [0, 0.1) is 17.8 Å². The molecule has 0 N–H and O–H groups in total. The molecule has 2 atom stereocenters. The fraction of sp³-hybridized carbons (Fsp3) is 0.625. The molecule has 7 nitrogen and oxygen atoms in total. The minimum absolute atomic E-state index is 0.333. The van der Waals surface area contributed by atoms with Crippen LogP contribution in [0.1, 0.15) is 12.8 Å². The Hall–Kier alpha value is -2.18. The molecule has 1 aliphatic carbocycles. The van der Waals surface area contributed by atoms with Crippen LogP contribution in [0.5, 0.6) is 0 Å². The summed E-state index contributed by atoms with van der Waals surface area (Å²) < 4.78 is 1.92. The van der Waals surface area contributed by atoms with Crippen LogP contribution in [0.2, 0.25) is 0 Å². The van der Waals surface area contributed by atoms with E-state index in [2.05, 4.69) is 24.8 Å². The molecule has 2 aromatic heterocycles. The van der Waals surface area contributed by atoms with Crippen molar-refractivity contribution in [3.05, 3.63) is 12.7 Å². The first-order valence-electron chi connectivity index (χ1n) is 8.36. The number of rotatable bonds is 2. The molecule has 1 amide bonds. The van der Waals surface area contributed by atoms with Crippen LogP contribution < -0.4 is 4.90 Å². The Kier molecular flexibility index (Phi) is 2.69. The van der Waals surface area contributed by atoms with Gasteiger partial charge in [0.25, 0.3) is 0 Å². The third-order valence-electron chi connectivity index (χ3n) is 5.50. The summed E-state index contributed by atoms with van der Waals surface area (Å²) >= 11 is 0. The third-order valence-corrected chi connectivity index (χ3v) is 5.50. The number of anilines is 1. The fourth-order valence-electron chi connectivity index (χ4n) is 4.10. The second-order valence-corrected chi connectivity index (χ2v) is 7.17.